The van der Waals surface area contributed by atoms with E-state index in [9.17, 15) is 14.0 Å². The van der Waals surface area contributed by atoms with Crippen LogP contribution in [0.3, 0.4) is 0 Å². The van der Waals surface area contributed by atoms with E-state index in [1.165, 1.54) is 24.4 Å². The SMILES string of the molecule is O=C(Nc1cccc(F)c1)c1n[nH]n(N=Cc2ccccc2Br)c1=O. The first kappa shape index (κ1) is 16.8. The number of rotatable bonds is 4. The number of nitrogens with zero attached hydrogens (tertiary/aromatic N) is 3. The number of nitrogens with one attached hydrogen (secondary N) is 2. The number of carbonyl (C=O) groups excluding carboxylic acids is 1. The Kier molecular flexibility index (Phi) is 4.85. The summed E-state index contributed by atoms with van der Waals surface area (Å²) >= 11 is 3.36. The number of amides is 1. The lowest BCUT2D eigenvalue weighted by molar-refractivity contribution is 0.102. The Labute approximate surface area is 149 Å². The molecule has 0 atom stereocenters. The van der Waals surface area contributed by atoms with Crippen molar-refractivity contribution < 1.29 is 9.18 Å². The number of hydrogen-bond donors (Lipinski definition) is 2. The zero-order valence-electron chi connectivity index (χ0n) is 12.6. The first-order valence-electron chi connectivity index (χ1n) is 7.08. The van der Waals surface area contributed by atoms with E-state index in [1.807, 2.05) is 18.2 Å². The largest absolute Gasteiger partial charge is 0.320 e. The second kappa shape index (κ2) is 7.22. The van der Waals surface area contributed by atoms with Gasteiger partial charge in [-0.05, 0) is 24.3 Å². The molecular weight excluding hydrogens is 393 g/mol. The number of aromatic amines is 1. The van der Waals surface area contributed by atoms with Crippen LogP contribution in [0.15, 0.2) is 62.9 Å². The maximum absolute atomic E-state index is 13.1. The van der Waals surface area contributed by atoms with Crippen LogP contribution in [0.25, 0.3) is 0 Å². The molecule has 2 aromatic carbocycles. The lowest BCUT2D eigenvalue weighted by atomic mass is 10.2. The lowest BCUT2D eigenvalue weighted by Gasteiger charge is -2.01. The second-order valence-corrected chi connectivity index (χ2v) is 5.76. The Bertz CT molecular complexity index is 1010. The molecular formula is C16H11BrFN5O2. The number of H-pyrrole nitrogens is 1. The van der Waals surface area contributed by atoms with E-state index in [0.717, 1.165) is 20.9 Å². The molecule has 3 rings (SSSR count). The zero-order chi connectivity index (χ0) is 17.8. The molecule has 0 aliphatic carbocycles. The van der Waals surface area contributed by atoms with Gasteiger partial charge in [0.25, 0.3) is 5.91 Å². The molecule has 0 unspecified atom stereocenters. The van der Waals surface area contributed by atoms with Crippen molar-refractivity contribution in [2.45, 2.75) is 0 Å². The van der Waals surface area contributed by atoms with Crippen molar-refractivity contribution in [3.8, 4) is 0 Å². The Morgan fingerprint density at radius 3 is 2.84 bits per heavy atom. The molecule has 9 heteroatoms. The van der Waals surface area contributed by atoms with Crippen molar-refractivity contribution in [1.29, 1.82) is 0 Å². The Morgan fingerprint density at radius 2 is 2.08 bits per heavy atom. The van der Waals surface area contributed by atoms with E-state index in [1.54, 1.807) is 6.07 Å². The Hall–Kier alpha value is -3.07. The maximum Gasteiger partial charge on any atom is 0.320 e. The van der Waals surface area contributed by atoms with Gasteiger partial charge in [0.2, 0.25) is 5.69 Å². The molecule has 0 saturated carbocycles. The number of benzene rings is 2. The highest BCUT2D eigenvalue weighted by Crippen LogP contribution is 2.13. The summed E-state index contributed by atoms with van der Waals surface area (Å²) in [5, 5.41) is 12.4. The molecule has 25 heavy (non-hydrogen) atoms. The molecule has 0 radical (unpaired) electrons. The fourth-order valence-corrected chi connectivity index (χ4v) is 2.36. The Balaban J connectivity index is 1.80. The van der Waals surface area contributed by atoms with Crippen LogP contribution in [0.1, 0.15) is 16.1 Å². The molecule has 0 aliphatic heterocycles. The fraction of sp³-hybridized carbons (Fsp3) is 0. The van der Waals surface area contributed by atoms with E-state index >= 15 is 0 Å². The molecule has 2 N–H and O–H groups in total. The topological polar surface area (TPSA) is 92.1 Å². The van der Waals surface area contributed by atoms with E-state index in [4.69, 9.17) is 0 Å². The maximum atomic E-state index is 13.1. The summed E-state index contributed by atoms with van der Waals surface area (Å²) < 4.78 is 13.9. The third kappa shape index (κ3) is 3.89. The average molecular weight is 404 g/mol. The van der Waals surface area contributed by atoms with Crippen LogP contribution in [-0.2, 0) is 0 Å². The first-order chi connectivity index (χ1) is 12.0. The van der Waals surface area contributed by atoms with E-state index < -0.39 is 17.3 Å². The number of anilines is 1. The number of aromatic nitrogens is 3. The summed E-state index contributed by atoms with van der Waals surface area (Å²) in [6.45, 7) is 0. The van der Waals surface area contributed by atoms with Gasteiger partial charge in [-0.15, -0.1) is 9.89 Å². The molecule has 1 aromatic heterocycles. The van der Waals surface area contributed by atoms with Crippen LogP contribution < -0.4 is 10.9 Å². The van der Waals surface area contributed by atoms with Crippen LogP contribution in [0, 0.1) is 5.82 Å². The van der Waals surface area contributed by atoms with Gasteiger partial charge in [0.05, 0.1) is 6.21 Å². The molecule has 3 aromatic rings. The van der Waals surface area contributed by atoms with Crippen molar-refractivity contribution in [2.75, 3.05) is 5.32 Å². The average Bonchev–Trinajstić information content (AvgIpc) is 2.95. The number of carbonyl (C=O) groups is 1. The van der Waals surface area contributed by atoms with E-state index in [-0.39, 0.29) is 11.4 Å². The summed E-state index contributed by atoms with van der Waals surface area (Å²) in [6, 6.07) is 12.6. The fourth-order valence-electron chi connectivity index (χ4n) is 1.97. The predicted molar refractivity (Wildman–Crippen MR) is 94.3 cm³/mol. The summed E-state index contributed by atoms with van der Waals surface area (Å²) in [4.78, 5) is 25.1. The van der Waals surface area contributed by atoms with Crippen molar-refractivity contribution >= 4 is 33.7 Å². The molecule has 7 nitrogen and oxygen atoms in total. The van der Waals surface area contributed by atoms with Gasteiger partial charge < -0.3 is 5.32 Å². The highest BCUT2D eigenvalue weighted by atomic mass is 79.9. The number of halogens is 2. The highest BCUT2D eigenvalue weighted by Gasteiger charge is 2.17. The van der Waals surface area contributed by atoms with Crippen LogP contribution in [0.2, 0.25) is 0 Å². The highest BCUT2D eigenvalue weighted by molar-refractivity contribution is 9.10. The van der Waals surface area contributed by atoms with Gasteiger partial charge in [0.1, 0.15) is 5.82 Å². The van der Waals surface area contributed by atoms with Gasteiger partial charge in [0.15, 0.2) is 0 Å². The molecule has 0 fully saturated rings. The zero-order valence-corrected chi connectivity index (χ0v) is 14.2. The predicted octanol–water partition coefficient (Wildman–Crippen LogP) is 2.61. The van der Waals surface area contributed by atoms with Crippen LogP contribution in [0.4, 0.5) is 10.1 Å². The van der Waals surface area contributed by atoms with Crippen LogP contribution in [-0.4, -0.2) is 27.2 Å². The normalized spacial score (nSPS) is 11.0. The Morgan fingerprint density at radius 1 is 1.28 bits per heavy atom. The van der Waals surface area contributed by atoms with Gasteiger partial charge >= 0.3 is 5.56 Å². The molecule has 0 aliphatic rings. The van der Waals surface area contributed by atoms with Crippen LogP contribution >= 0.6 is 15.9 Å². The van der Waals surface area contributed by atoms with E-state index in [0.29, 0.717) is 0 Å². The molecule has 0 saturated heterocycles. The van der Waals surface area contributed by atoms with Gasteiger partial charge in [-0.2, -0.15) is 10.3 Å². The quantitative estimate of drug-likeness (QED) is 0.655. The molecule has 0 bridgehead atoms. The van der Waals surface area contributed by atoms with Gasteiger partial charge in [-0.25, -0.2) is 4.39 Å². The first-order valence-corrected chi connectivity index (χ1v) is 7.87. The van der Waals surface area contributed by atoms with E-state index in [2.05, 4.69) is 36.7 Å². The van der Waals surface area contributed by atoms with Gasteiger partial charge in [-0.1, -0.05) is 40.2 Å². The third-order valence-electron chi connectivity index (χ3n) is 3.17. The molecule has 1 heterocycles. The van der Waals surface area contributed by atoms with Gasteiger partial charge in [0, 0.05) is 15.7 Å². The second-order valence-electron chi connectivity index (χ2n) is 4.91. The lowest BCUT2D eigenvalue weighted by Crippen LogP contribution is -2.23. The molecule has 0 spiro atoms. The third-order valence-corrected chi connectivity index (χ3v) is 3.89. The summed E-state index contributed by atoms with van der Waals surface area (Å²) in [7, 11) is 0. The standard InChI is InChI=1S/C16H11BrFN5O2/c17-13-7-2-1-4-10(13)9-19-23-16(25)14(21-22-23)15(24)20-12-6-3-5-11(18)8-12/h1-9,22H,(H,20,24). The molecule has 126 valence electrons. The van der Waals surface area contributed by atoms with Crippen molar-refractivity contribution in [3.63, 3.8) is 0 Å². The summed E-state index contributed by atoms with van der Waals surface area (Å²) in [5.74, 6) is -1.27. The summed E-state index contributed by atoms with van der Waals surface area (Å²) in [5.41, 5.74) is -0.142. The van der Waals surface area contributed by atoms with Crippen LogP contribution in [0.5, 0.6) is 0 Å². The van der Waals surface area contributed by atoms with Crippen molar-refractivity contribution in [2.24, 2.45) is 5.10 Å². The minimum Gasteiger partial charge on any atom is -0.320 e. The smallest absolute Gasteiger partial charge is 0.320 e. The van der Waals surface area contributed by atoms with Crippen molar-refractivity contribution in [3.05, 3.63) is 80.4 Å². The number of hydrogen-bond acceptors (Lipinski definition) is 4. The minimum atomic E-state index is -0.762. The molecule has 1 amide bonds. The minimum absolute atomic E-state index is 0.218. The van der Waals surface area contributed by atoms with Gasteiger partial charge in [-0.3, -0.25) is 9.59 Å². The summed E-state index contributed by atoms with van der Waals surface area (Å²) in [6.07, 6.45) is 1.44. The monoisotopic (exact) mass is 403 g/mol. The van der Waals surface area contributed by atoms with Crippen molar-refractivity contribution in [1.82, 2.24) is 15.1 Å².